The van der Waals surface area contributed by atoms with Crippen molar-refractivity contribution in [3.05, 3.63) is 131 Å². The van der Waals surface area contributed by atoms with Crippen LogP contribution in [0.4, 0.5) is 5.69 Å². The van der Waals surface area contributed by atoms with E-state index in [1.165, 1.54) is 0 Å². The van der Waals surface area contributed by atoms with Gasteiger partial charge in [0.25, 0.3) is 0 Å². The summed E-state index contributed by atoms with van der Waals surface area (Å²) >= 11 is 0. The maximum atomic E-state index is 13.1. The Morgan fingerprint density at radius 2 is 1.42 bits per heavy atom. The third kappa shape index (κ3) is 7.76. The SMILES string of the molecule is O=C(c1ccccc1)c1ccccc1NC(Cc1ccc(OCCCNCC2(C(=O)c3ccccc3)CC2)cc1)C(=O)O. The Kier molecular flexibility index (Phi) is 9.64. The van der Waals surface area contributed by atoms with Crippen molar-refractivity contribution in [3.63, 3.8) is 0 Å². The van der Waals surface area contributed by atoms with E-state index in [9.17, 15) is 19.5 Å². The molecule has 1 aliphatic rings. The second kappa shape index (κ2) is 13.9. The van der Waals surface area contributed by atoms with Gasteiger partial charge < -0.3 is 20.5 Å². The highest BCUT2D eigenvalue weighted by atomic mass is 16.5. The molecule has 4 aromatic carbocycles. The van der Waals surface area contributed by atoms with Crippen LogP contribution in [0.2, 0.25) is 0 Å². The van der Waals surface area contributed by atoms with Crippen LogP contribution in [-0.4, -0.2) is 48.4 Å². The summed E-state index contributed by atoms with van der Waals surface area (Å²) in [5, 5.41) is 16.4. The highest BCUT2D eigenvalue weighted by Gasteiger charge is 2.49. The number of nitrogens with one attached hydrogen (secondary N) is 2. The standard InChI is InChI=1S/C36H36N2O5/c39-33(27-10-3-1-4-11-27)30-14-7-8-15-31(30)38-32(35(41)42)24-26-16-18-29(19-17-26)43-23-9-22-37-25-36(20-21-36)34(40)28-12-5-2-6-13-28/h1-8,10-19,32,37-38H,9,20-25H2,(H,41,42). The second-order valence-corrected chi connectivity index (χ2v) is 11.0. The summed E-state index contributed by atoms with van der Waals surface area (Å²) in [7, 11) is 0. The molecule has 0 amide bonds. The second-order valence-electron chi connectivity index (χ2n) is 11.0. The number of carboxylic acid groups (broad SMARTS) is 1. The number of rotatable bonds is 16. The lowest BCUT2D eigenvalue weighted by molar-refractivity contribution is -0.137. The van der Waals surface area contributed by atoms with Crippen molar-refractivity contribution in [2.45, 2.75) is 31.7 Å². The first kappa shape index (κ1) is 29.7. The number of carbonyl (C=O) groups excluding carboxylic acids is 2. The number of hydrogen-bond donors (Lipinski definition) is 3. The minimum atomic E-state index is -1.01. The lowest BCUT2D eigenvalue weighted by Gasteiger charge is -2.18. The van der Waals surface area contributed by atoms with Gasteiger partial charge in [0.1, 0.15) is 11.8 Å². The number of ketones is 2. The number of hydrogen-bond acceptors (Lipinski definition) is 6. The highest BCUT2D eigenvalue weighted by Crippen LogP contribution is 2.47. The van der Waals surface area contributed by atoms with Crippen molar-refractivity contribution in [3.8, 4) is 5.75 Å². The molecule has 7 heteroatoms. The molecule has 1 atom stereocenters. The van der Waals surface area contributed by atoms with E-state index in [1.54, 1.807) is 48.5 Å². The molecule has 7 nitrogen and oxygen atoms in total. The van der Waals surface area contributed by atoms with Crippen LogP contribution in [0.25, 0.3) is 0 Å². The molecular weight excluding hydrogens is 540 g/mol. The lowest BCUT2D eigenvalue weighted by Crippen LogP contribution is -2.32. The van der Waals surface area contributed by atoms with Crippen molar-refractivity contribution >= 4 is 23.2 Å². The van der Waals surface area contributed by atoms with Gasteiger partial charge in [-0.15, -0.1) is 0 Å². The van der Waals surface area contributed by atoms with Gasteiger partial charge in [-0.2, -0.15) is 0 Å². The Bertz CT molecular complexity index is 1530. The van der Waals surface area contributed by atoms with E-state index in [1.807, 2.05) is 60.7 Å². The molecule has 0 bridgehead atoms. The average molecular weight is 577 g/mol. The van der Waals surface area contributed by atoms with E-state index in [2.05, 4.69) is 10.6 Å². The van der Waals surface area contributed by atoms with E-state index >= 15 is 0 Å². The van der Waals surface area contributed by atoms with Gasteiger partial charge in [0.05, 0.1) is 6.61 Å². The largest absolute Gasteiger partial charge is 0.494 e. The average Bonchev–Trinajstić information content (AvgIpc) is 3.84. The molecule has 220 valence electrons. The molecule has 1 aliphatic carbocycles. The molecule has 0 aliphatic heterocycles. The van der Waals surface area contributed by atoms with Gasteiger partial charge in [0, 0.05) is 40.8 Å². The molecule has 0 heterocycles. The number of anilines is 1. The van der Waals surface area contributed by atoms with Crippen LogP contribution in [0.5, 0.6) is 5.75 Å². The number of aliphatic carboxylic acids is 1. The van der Waals surface area contributed by atoms with Crippen molar-refractivity contribution in [2.24, 2.45) is 5.41 Å². The van der Waals surface area contributed by atoms with Crippen LogP contribution in [0, 0.1) is 5.41 Å². The zero-order chi connectivity index (χ0) is 30.1. The maximum absolute atomic E-state index is 13.1. The fourth-order valence-electron chi connectivity index (χ4n) is 5.14. The lowest BCUT2D eigenvalue weighted by atomic mass is 9.94. The number of benzene rings is 4. The normalized spacial score (nSPS) is 14.0. The van der Waals surface area contributed by atoms with Crippen molar-refractivity contribution in [1.29, 1.82) is 0 Å². The van der Waals surface area contributed by atoms with E-state index in [4.69, 9.17) is 4.74 Å². The van der Waals surface area contributed by atoms with Crippen molar-refractivity contribution in [2.75, 3.05) is 25.0 Å². The molecule has 4 aromatic rings. The molecule has 0 saturated heterocycles. The predicted molar refractivity (Wildman–Crippen MR) is 167 cm³/mol. The van der Waals surface area contributed by atoms with Gasteiger partial charge in [0.2, 0.25) is 0 Å². The predicted octanol–water partition coefficient (Wildman–Crippen LogP) is 6.05. The number of ether oxygens (including phenoxy) is 1. The van der Waals surface area contributed by atoms with Gasteiger partial charge >= 0.3 is 5.97 Å². The topological polar surface area (TPSA) is 105 Å². The van der Waals surface area contributed by atoms with Crippen LogP contribution in [0.1, 0.15) is 51.1 Å². The summed E-state index contributed by atoms with van der Waals surface area (Å²) in [6.07, 6.45) is 2.88. The summed E-state index contributed by atoms with van der Waals surface area (Å²) < 4.78 is 5.88. The number of Topliss-reactive ketones (excluding diaryl/α,β-unsaturated/α-hetero) is 1. The molecule has 1 saturated carbocycles. The summed E-state index contributed by atoms with van der Waals surface area (Å²) in [6, 6.07) is 31.9. The number of carboxylic acids is 1. The Morgan fingerprint density at radius 3 is 2.07 bits per heavy atom. The highest BCUT2D eigenvalue weighted by molar-refractivity contribution is 6.12. The third-order valence-electron chi connectivity index (χ3n) is 7.80. The molecule has 0 radical (unpaired) electrons. The van der Waals surface area contributed by atoms with E-state index in [0.29, 0.717) is 35.7 Å². The molecule has 1 unspecified atom stereocenters. The number of carbonyl (C=O) groups is 3. The van der Waals surface area contributed by atoms with Gasteiger partial charge in [-0.25, -0.2) is 4.79 Å². The Morgan fingerprint density at radius 1 is 0.791 bits per heavy atom. The maximum Gasteiger partial charge on any atom is 0.326 e. The number of para-hydroxylation sites is 1. The van der Waals surface area contributed by atoms with Crippen molar-refractivity contribution < 1.29 is 24.2 Å². The fourth-order valence-corrected chi connectivity index (χ4v) is 5.14. The minimum absolute atomic E-state index is 0.169. The minimum Gasteiger partial charge on any atom is -0.494 e. The fraction of sp³-hybridized carbons (Fsp3) is 0.250. The summed E-state index contributed by atoms with van der Waals surface area (Å²) in [5.41, 5.74) is 2.79. The summed E-state index contributed by atoms with van der Waals surface area (Å²) in [5.74, 6) is -0.243. The Hall–Kier alpha value is -4.75. The van der Waals surface area contributed by atoms with Gasteiger partial charge in [0.15, 0.2) is 11.6 Å². The summed E-state index contributed by atoms with van der Waals surface area (Å²) in [6.45, 7) is 1.96. The van der Waals surface area contributed by atoms with Crippen LogP contribution < -0.4 is 15.4 Å². The van der Waals surface area contributed by atoms with E-state index < -0.39 is 12.0 Å². The zero-order valence-electron chi connectivity index (χ0n) is 24.0. The molecule has 0 spiro atoms. The monoisotopic (exact) mass is 576 g/mol. The molecule has 5 rings (SSSR count). The first-order valence-electron chi connectivity index (χ1n) is 14.7. The van der Waals surface area contributed by atoms with Gasteiger partial charge in [-0.1, -0.05) is 84.9 Å². The van der Waals surface area contributed by atoms with E-state index in [-0.39, 0.29) is 23.4 Å². The summed E-state index contributed by atoms with van der Waals surface area (Å²) in [4.78, 5) is 38.0. The molecule has 1 fully saturated rings. The van der Waals surface area contributed by atoms with Crippen LogP contribution in [-0.2, 0) is 11.2 Å². The molecule has 43 heavy (non-hydrogen) atoms. The van der Waals surface area contributed by atoms with Crippen molar-refractivity contribution in [1.82, 2.24) is 5.32 Å². The van der Waals surface area contributed by atoms with Crippen LogP contribution >= 0.6 is 0 Å². The van der Waals surface area contributed by atoms with Gasteiger partial charge in [-0.3, -0.25) is 9.59 Å². The molecule has 0 aromatic heterocycles. The third-order valence-corrected chi connectivity index (χ3v) is 7.80. The Balaban J connectivity index is 1.08. The van der Waals surface area contributed by atoms with Gasteiger partial charge in [-0.05, 0) is 55.6 Å². The first-order chi connectivity index (χ1) is 20.9. The Labute approximate surface area is 251 Å². The van der Waals surface area contributed by atoms with Crippen LogP contribution in [0.15, 0.2) is 109 Å². The smallest absolute Gasteiger partial charge is 0.326 e. The first-order valence-corrected chi connectivity index (χ1v) is 14.7. The molecular formula is C36H36N2O5. The molecule has 3 N–H and O–H groups in total. The quantitative estimate of drug-likeness (QED) is 0.110. The van der Waals surface area contributed by atoms with Crippen LogP contribution in [0.3, 0.4) is 0 Å². The zero-order valence-corrected chi connectivity index (χ0v) is 24.0. The van der Waals surface area contributed by atoms with E-state index in [0.717, 1.165) is 36.9 Å².